The topological polar surface area (TPSA) is 90.7 Å². The molecule has 1 N–H and O–H groups in total. The zero-order chi connectivity index (χ0) is 25.1. The molecule has 0 saturated carbocycles. The van der Waals surface area contributed by atoms with Gasteiger partial charge in [-0.2, -0.15) is 5.10 Å². The van der Waals surface area contributed by atoms with Gasteiger partial charge in [0.15, 0.2) is 17.1 Å². The molecule has 0 spiro atoms. The number of rotatable bonds is 6. The van der Waals surface area contributed by atoms with E-state index in [-0.39, 0.29) is 0 Å². The Morgan fingerprint density at radius 3 is 2.51 bits per heavy atom. The van der Waals surface area contributed by atoms with Crippen molar-refractivity contribution in [2.45, 2.75) is 32.3 Å². The van der Waals surface area contributed by atoms with Crippen LogP contribution in [0.1, 0.15) is 25.2 Å². The van der Waals surface area contributed by atoms with Crippen LogP contribution in [0.15, 0.2) is 41.7 Å². The van der Waals surface area contributed by atoms with Crippen molar-refractivity contribution in [1.82, 2.24) is 29.7 Å². The molecule has 1 aromatic carbocycles. The van der Waals surface area contributed by atoms with Gasteiger partial charge in [-0.05, 0) is 48.6 Å². The second-order valence-corrected chi connectivity index (χ2v) is 8.66. The van der Waals surface area contributed by atoms with Gasteiger partial charge in [-0.3, -0.25) is 4.68 Å². The number of hydrogen-bond acceptors (Lipinski definition) is 7. The van der Waals surface area contributed by atoms with Crippen molar-refractivity contribution in [2.75, 3.05) is 20.5 Å². The van der Waals surface area contributed by atoms with E-state index >= 15 is 0 Å². The van der Waals surface area contributed by atoms with E-state index < -0.39 is 0 Å². The van der Waals surface area contributed by atoms with Crippen molar-refractivity contribution in [3.05, 3.63) is 53.2 Å². The van der Waals surface area contributed by atoms with Crippen LogP contribution in [-0.2, 0) is 6.54 Å². The number of aromatic amines is 1. The average Bonchev–Trinajstić information content (AvgIpc) is 3.47. The van der Waals surface area contributed by atoms with Crippen molar-refractivity contribution < 1.29 is 9.47 Å². The molecule has 4 aromatic heterocycles. The van der Waals surface area contributed by atoms with E-state index in [9.17, 15) is 0 Å². The minimum Gasteiger partial charge on any atom is -0.493 e. The van der Waals surface area contributed by atoms with Crippen molar-refractivity contribution in [2.24, 2.45) is 0 Å². The molecular weight excluding hydrogens is 484 g/mol. The van der Waals surface area contributed by atoms with Crippen molar-refractivity contribution in [3.8, 4) is 22.6 Å². The van der Waals surface area contributed by atoms with Crippen LogP contribution in [0, 0.1) is 6.92 Å². The second kappa shape index (κ2) is 10.5. The van der Waals surface area contributed by atoms with Gasteiger partial charge in [-0.15, -0.1) is 11.8 Å². The molecule has 0 fully saturated rings. The minimum absolute atomic E-state index is 0.413. The van der Waals surface area contributed by atoms with Crippen LogP contribution in [0.25, 0.3) is 33.2 Å². The van der Waals surface area contributed by atoms with Crippen molar-refractivity contribution in [1.29, 1.82) is 0 Å². The number of thioether (sulfide) groups is 1. The summed E-state index contributed by atoms with van der Waals surface area (Å²) >= 11 is 7.56. The Morgan fingerprint density at radius 1 is 1.06 bits per heavy atom. The van der Waals surface area contributed by atoms with E-state index in [4.69, 9.17) is 26.2 Å². The fourth-order valence-electron chi connectivity index (χ4n) is 3.89. The van der Waals surface area contributed by atoms with Gasteiger partial charge in [0.25, 0.3) is 0 Å². The van der Waals surface area contributed by atoms with Crippen LogP contribution in [0.4, 0.5) is 0 Å². The van der Waals surface area contributed by atoms with E-state index in [0.717, 1.165) is 44.0 Å². The van der Waals surface area contributed by atoms with Gasteiger partial charge in [0, 0.05) is 23.3 Å². The van der Waals surface area contributed by atoms with Gasteiger partial charge in [-0.25, -0.2) is 15.0 Å². The average molecular weight is 511 g/mol. The SMILES string of the molecule is CC.COc1cc(C)c(-c2cnc(SC)c3nn(Cc4nc5nc(Cl)ccc5[nH]4)cc23)cc1OC. The number of hydrogen-bond donors (Lipinski definition) is 1. The van der Waals surface area contributed by atoms with Crippen LogP contribution < -0.4 is 9.47 Å². The Bertz CT molecular complexity index is 1500. The third kappa shape index (κ3) is 4.78. The Labute approximate surface area is 213 Å². The zero-order valence-electron chi connectivity index (χ0n) is 20.5. The number of nitrogens with zero attached hydrogens (tertiary/aromatic N) is 5. The molecule has 0 aliphatic heterocycles. The first-order valence-electron chi connectivity index (χ1n) is 11.1. The fourth-order valence-corrected chi connectivity index (χ4v) is 4.54. The maximum absolute atomic E-state index is 6.00. The smallest absolute Gasteiger partial charge is 0.179 e. The molecule has 8 nitrogen and oxygen atoms in total. The molecule has 35 heavy (non-hydrogen) atoms. The summed E-state index contributed by atoms with van der Waals surface area (Å²) in [6.45, 7) is 6.50. The summed E-state index contributed by atoms with van der Waals surface area (Å²) in [5.74, 6) is 2.11. The molecule has 0 bridgehead atoms. The number of benzene rings is 1. The number of ether oxygens (including phenoxy) is 2. The highest BCUT2D eigenvalue weighted by Crippen LogP contribution is 2.39. The summed E-state index contributed by atoms with van der Waals surface area (Å²) in [5.41, 5.74) is 5.30. The molecule has 0 atom stereocenters. The highest BCUT2D eigenvalue weighted by atomic mass is 35.5. The predicted octanol–water partition coefficient (Wildman–Crippen LogP) is 6.15. The normalized spacial score (nSPS) is 10.9. The first-order chi connectivity index (χ1) is 17.0. The van der Waals surface area contributed by atoms with Gasteiger partial charge < -0.3 is 14.5 Å². The number of nitrogens with one attached hydrogen (secondary N) is 1. The lowest BCUT2D eigenvalue weighted by molar-refractivity contribution is 0.355. The molecule has 0 saturated heterocycles. The van der Waals surface area contributed by atoms with Crippen molar-refractivity contribution in [3.63, 3.8) is 0 Å². The van der Waals surface area contributed by atoms with E-state index in [0.29, 0.717) is 28.8 Å². The third-order valence-corrected chi connectivity index (χ3v) is 6.35. The monoisotopic (exact) mass is 510 g/mol. The highest BCUT2D eigenvalue weighted by Gasteiger charge is 2.18. The summed E-state index contributed by atoms with van der Waals surface area (Å²) in [4.78, 5) is 16.8. The molecule has 0 aliphatic carbocycles. The second-order valence-electron chi connectivity index (χ2n) is 7.48. The Hall–Kier alpha value is -3.30. The lowest BCUT2D eigenvalue weighted by atomic mass is 9.99. The molecule has 182 valence electrons. The molecule has 5 rings (SSSR count). The van der Waals surface area contributed by atoms with Crippen LogP contribution in [-0.4, -0.2) is 50.2 Å². The van der Waals surface area contributed by atoms with Gasteiger partial charge >= 0.3 is 0 Å². The maximum Gasteiger partial charge on any atom is 0.179 e. The summed E-state index contributed by atoms with van der Waals surface area (Å²) in [6.07, 6.45) is 5.91. The quantitative estimate of drug-likeness (QED) is 0.216. The number of pyridine rings is 2. The lowest BCUT2D eigenvalue weighted by Crippen LogP contribution is -2.01. The first-order valence-corrected chi connectivity index (χ1v) is 12.7. The maximum atomic E-state index is 6.00. The van der Waals surface area contributed by atoms with Crippen LogP contribution in [0.5, 0.6) is 11.5 Å². The van der Waals surface area contributed by atoms with Gasteiger partial charge in [0.2, 0.25) is 0 Å². The number of H-pyrrole nitrogens is 1. The van der Waals surface area contributed by atoms with Crippen molar-refractivity contribution >= 4 is 45.4 Å². The summed E-state index contributed by atoms with van der Waals surface area (Å²) in [5, 5.41) is 7.11. The summed E-state index contributed by atoms with van der Waals surface area (Å²) < 4.78 is 12.9. The standard InChI is InChI=1S/C23H21ClN6O2S.C2H6/c1-12-7-17(31-2)18(32-3)8-13(12)14-9-25-23(33-4)21-15(14)10-30(29-21)11-20-26-16-5-6-19(24)27-22(16)28-20;1-2/h5-10H,11H2,1-4H3,(H,26,27,28);1-2H3. The lowest BCUT2D eigenvalue weighted by Gasteiger charge is -2.13. The predicted molar refractivity (Wildman–Crippen MR) is 142 cm³/mol. The molecule has 0 radical (unpaired) electrons. The minimum atomic E-state index is 0.413. The highest BCUT2D eigenvalue weighted by molar-refractivity contribution is 7.98. The number of fused-ring (bicyclic) bond motifs is 2. The van der Waals surface area contributed by atoms with Crippen LogP contribution >= 0.6 is 23.4 Å². The molecular formula is C25H27ClN6O2S. The molecule has 10 heteroatoms. The third-order valence-electron chi connectivity index (χ3n) is 5.45. The molecule has 5 aromatic rings. The number of aromatic nitrogens is 6. The molecule has 0 aliphatic rings. The first kappa shape index (κ1) is 24.8. The number of halogens is 1. The number of methoxy groups -OCH3 is 2. The van der Waals surface area contributed by atoms with Crippen LogP contribution in [0.3, 0.4) is 0 Å². The number of aryl methyl sites for hydroxylation is 1. The largest absolute Gasteiger partial charge is 0.493 e. The van der Waals surface area contributed by atoms with Gasteiger partial charge in [0.1, 0.15) is 21.5 Å². The van der Waals surface area contributed by atoms with Crippen LogP contribution in [0.2, 0.25) is 5.15 Å². The summed E-state index contributed by atoms with van der Waals surface area (Å²) in [6, 6.07) is 7.56. The Balaban J connectivity index is 0.00000141. The van der Waals surface area contributed by atoms with E-state index in [1.54, 1.807) is 32.0 Å². The Kier molecular flexibility index (Phi) is 7.47. The molecule has 0 amide bonds. The van der Waals surface area contributed by atoms with Gasteiger partial charge in [0.05, 0.1) is 26.3 Å². The summed E-state index contributed by atoms with van der Waals surface area (Å²) in [7, 11) is 3.27. The number of imidazole rings is 1. The molecule has 0 unspecified atom stereocenters. The fraction of sp³-hybridized carbons (Fsp3) is 0.280. The molecule has 4 heterocycles. The zero-order valence-corrected chi connectivity index (χ0v) is 22.1. The van der Waals surface area contributed by atoms with E-state index in [1.807, 2.05) is 62.3 Å². The van der Waals surface area contributed by atoms with Gasteiger partial charge in [-0.1, -0.05) is 25.4 Å². The van der Waals surface area contributed by atoms with E-state index in [1.165, 1.54) is 0 Å². The Morgan fingerprint density at radius 2 is 1.80 bits per heavy atom. The van der Waals surface area contributed by atoms with E-state index in [2.05, 4.69) is 19.9 Å².